The van der Waals surface area contributed by atoms with E-state index in [0.717, 1.165) is 28.7 Å². The molecule has 0 amide bonds. The van der Waals surface area contributed by atoms with Gasteiger partial charge in [0.1, 0.15) is 5.69 Å². The third-order valence-electron chi connectivity index (χ3n) is 2.87. The average Bonchev–Trinajstić information content (AvgIpc) is 2.93. The van der Waals surface area contributed by atoms with Gasteiger partial charge in [-0.15, -0.1) is 0 Å². The van der Waals surface area contributed by atoms with Crippen LogP contribution in [0.1, 0.15) is 12.6 Å². The van der Waals surface area contributed by atoms with E-state index in [1.54, 1.807) is 11.8 Å². The number of aromatic nitrogens is 1. The minimum absolute atomic E-state index is 0.656. The standard InChI is InChI=1S/C15H18ClN3OS/c1-4-17-15(21-3)19(2)10-13-9-14(20-18-13)11-6-5-7-12(16)8-11/h5-9H,4,10H2,1-3H3/b17-15-. The zero-order valence-electron chi connectivity index (χ0n) is 12.3. The highest BCUT2D eigenvalue weighted by Crippen LogP contribution is 2.24. The summed E-state index contributed by atoms with van der Waals surface area (Å²) in [4.78, 5) is 6.51. The van der Waals surface area contributed by atoms with Gasteiger partial charge in [0.25, 0.3) is 0 Å². The highest BCUT2D eigenvalue weighted by atomic mass is 35.5. The lowest BCUT2D eigenvalue weighted by Crippen LogP contribution is -2.23. The van der Waals surface area contributed by atoms with Crippen LogP contribution in [0.2, 0.25) is 5.02 Å². The molecule has 0 bridgehead atoms. The fourth-order valence-electron chi connectivity index (χ4n) is 1.95. The van der Waals surface area contributed by atoms with E-state index in [1.807, 2.05) is 50.6 Å². The fourth-order valence-corrected chi connectivity index (χ4v) is 2.78. The first-order chi connectivity index (χ1) is 10.1. The van der Waals surface area contributed by atoms with Crippen molar-refractivity contribution < 1.29 is 4.52 Å². The van der Waals surface area contributed by atoms with Gasteiger partial charge in [0.05, 0.1) is 6.54 Å². The van der Waals surface area contributed by atoms with Crippen molar-refractivity contribution in [2.75, 3.05) is 19.8 Å². The van der Waals surface area contributed by atoms with Crippen LogP contribution in [0.4, 0.5) is 0 Å². The highest BCUT2D eigenvalue weighted by molar-refractivity contribution is 8.13. The summed E-state index contributed by atoms with van der Waals surface area (Å²) in [6, 6.07) is 9.48. The molecule has 0 fully saturated rings. The molecule has 0 radical (unpaired) electrons. The Hall–Kier alpha value is -1.46. The van der Waals surface area contributed by atoms with Crippen molar-refractivity contribution in [3.63, 3.8) is 0 Å². The first kappa shape index (κ1) is 15.9. The number of halogens is 1. The number of amidine groups is 1. The van der Waals surface area contributed by atoms with E-state index in [9.17, 15) is 0 Å². The van der Waals surface area contributed by atoms with Crippen molar-refractivity contribution in [1.82, 2.24) is 10.1 Å². The molecule has 1 aromatic heterocycles. The topological polar surface area (TPSA) is 41.6 Å². The van der Waals surface area contributed by atoms with Gasteiger partial charge in [-0.25, -0.2) is 0 Å². The third kappa shape index (κ3) is 4.25. The van der Waals surface area contributed by atoms with Gasteiger partial charge >= 0.3 is 0 Å². The van der Waals surface area contributed by atoms with Crippen molar-refractivity contribution in [3.8, 4) is 11.3 Å². The Bertz CT molecular complexity index is 627. The van der Waals surface area contributed by atoms with Crippen LogP contribution in [0.5, 0.6) is 0 Å². The summed E-state index contributed by atoms with van der Waals surface area (Å²) in [5.41, 5.74) is 1.79. The first-order valence-corrected chi connectivity index (χ1v) is 8.25. The predicted molar refractivity (Wildman–Crippen MR) is 89.9 cm³/mol. The Morgan fingerprint density at radius 2 is 2.24 bits per heavy atom. The Morgan fingerprint density at radius 1 is 1.43 bits per heavy atom. The quantitative estimate of drug-likeness (QED) is 0.625. The number of thioether (sulfide) groups is 1. The molecule has 6 heteroatoms. The molecule has 0 unspecified atom stereocenters. The fraction of sp³-hybridized carbons (Fsp3) is 0.333. The molecule has 2 rings (SSSR count). The molecular weight excluding hydrogens is 306 g/mol. The molecule has 112 valence electrons. The van der Waals surface area contributed by atoms with E-state index in [2.05, 4.69) is 15.0 Å². The number of aliphatic imine (C=N–C) groups is 1. The van der Waals surface area contributed by atoms with Crippen LogP contribution < -0.4 is 0 Å². The smallest absolute Gasteiger partial charge is 0.167 e. The maximum Gasteiger partial charge on any atom is 0.167 e. The molecule has 0 saturated carbocycles. The lowest BCUT2D eigenvalue weighted by molar-refractivity contribution is 0.405. The largest absolute Gasteiger partial charge is 0.356 e. The van der Waals surface area contributed by atoms with E-state index in [4.69, 9.17) is 16.1 Å². The zero-order chi connectivity index (χ0) is 15.2. The van der Waals surface area contributed by atoms with Crippen LogP contribution in [-0.2, 0) is 6.54 Å². The SMILES string of the molecule is CC/N=C(\SC)N(C)Cc1cc(-c2cccc(Cl)c2)on1. The van der Waals surface area contributed by atoms with Crippen LogP contribution in [-0.4, -0.2) is 35.1 Å². The van der Waals surface area contributed by atoms with Crippen molar-refractivity contribution >= 4 is 28.5 Å². The molecule has 0 aliphatic carbocycles. The Labute approximate surface area is 134 Å². The molecule has 21 heavy (non-hydrogen) atoms. The van der Waals surface area contributed by atoms with Gasteiger partial charge in [0.15, 0.2) is 10.9 Å². The van der Waals surface area contributed by atoms with Gasteiger partial charge in [-0.3, -0.25) is 4.99 Å². The molecule has 4 nitrogen and oxygen atoms in total. The summed E-state index contributed by atoms with van der Waals surface area (Å²) in [5.74, 6) is 0.721. The Morgan fingerprint density at radius 3 is 2.90 bits per heavy atom. The Kier molecular flexibility index (Phi) is 5.70. The van der Waals surface area contributed by atoms with E-state index in [0.29, 0.717) is 11.6 Å². The summed E-state index contributed by atoms with van der Waals surface area (Å²) >= 11 is 7.62. The first-order valence-electron chi connectivity index (χ1n) is 6.65. The Balaban J connectivity index is 2.12. The van der Waals surface area contributed by atoms with Crippen LogP contribution in [0.15, 0.2) is 39.8 Å². The van der Waals surface area contributed by atoms with Crippen LogP contribution >= 0.6 is 23.4 Å². The monoisotopic (exact) mass is 323 g/mol. The number of nitrogens with zero attached hydrogens (tertiary/aromatic N) is 3. The minimum Gasteiger partial charge on any atom is -0.356 e. The van der Waals surface area contributed by atoms with Crippen molar-refractivity contribution in [2.24, 2.45) is 4.99 Å². The average molecular weight is 324 g/mol. The summed E-state index contributed by atoms with van der Waals surface area (Å²) < 4.78 is 5.40. The number of hydrogen-bond acceptors (Lipinski definition) is 4. The highest BCUT2D eigenvalue weighted by Gasteiger charge is 2.11. The maximum atomic E-state index is 5.99. The predicted octanol–water partition coefficient (Wildman–Crippen LogP) is 4.17. The molecule has 0 atom stereocenters. The van der Waals surface area contributed by atoms with Gasteiger partial charge in [-0.05, 0) is 25.3 Å². The van der Waals surface area contributed by atoms with E-state index < -0.39 is 0 Å². The van der Waals surface area contributed by atoms with E-state index in [1.165, 1.54) is 0 Å². The van der Waals surface area contributed by atoms with Crippen molar-refractivity contribution in [2.45, 2.75) is 13.5 Å². The maximum absolute atomic E-state index is 5.99. The molecule has 0 spiro atoms. The van der Waals surface area contributed by atoms with Gasteiger partial charge in [0.2, 0.25) is 0 Å². The van der Waals surface area contributed by atoms with Crippen molar-refractivity contribution in [1.29, 1.82) is 0 Å². The third-order valence-corrected chi connectivity index (χ3v) is 3.91. The second-order valence-electron chi connectivity index (χ2n) is 4.51. The van der Waals surface area contributed by atoms with E-state index >= 15 is 0 Å². The summed E-state index contributed by atoms with van der Waals surface area (Å²) in [5, 5.41) is 5.79. The van der Waals surface area contributed by atoms with Crippen LogP contribution in [0.25, 0.3) is 11.3 Å². The molecule has 1 aromatic carbocycles. The summed E-state index contributed by atoms with van der Waals surface area (Å²) in [6.45, 7) is 3.45. The normalized spacial score (nSPS) is 11.7. The number of benzene rings is 1. The number of hydrogen-bond donors (Lipinski definition) is 0. The molecule has 0 aliphatic heterocycles. The molecule has 0 N–H and O–H groups in total. The van der Waals surface area contributed by atoms with Gasteiger partial charge in [-0.2, -0.15) is 0 Å². The van der Waals surface area contributed by atoms with Crippen molar-refractivity contribution in [3.05, 3.63) is 41.0 Å². The molecular formula is C15H18ClN3OS. The molecule has 0 aliphatic rings. The van der Waals surface area contributed by atoms with Gasteiger partial charge in [0, 0.05) is 30.2 Å². The second kappa shape index (κ2) is 7.52. The van der Waals surface area contributed by atoms with Gasteiger partial charge in [-0.1, -0.05) is 40.7 Å². The second-order valence-corrected chi connectivity index (χ2v) is 5.72. The van der Waals surface area contributed by atoms with Crippen LogP contribution in [0.3, 0.4) is 0 Å². The lowest BCUT2D eigenvalue weighted by Gasteiger charge is -2.17. The van der Waals surface area contributed by atoms with Crippen LogP contribution in [0, 0.1) is 0 Å². The molecule has 1 heterocycles. The molecule has 2 aromatic rings. The van der Waals surface area contributed by atoms with E-state index in [-0.39, 0.29) is 0 Å². The summed E-state index contributed by atoms with van der Waals surface area (Å²) in [6.07, 6.45) is 2.02. The zero-order valence-corrected chi connectivity index (χ0v) is 13.9. The van der Waals surface area contributed by atoms with Gasteiger partial charge < -0.3 is 9.42 Å². The molecule has 0 saturated heterocycles. The lowest BCUT2D eigenvalue weighted by atomic mass is 10.1. The number of rotatable bonds is 4. The summed E-state index contributed by atoms with van der Waals surface area (Å²) in [7, 11) is 2.00. The minimum atomic E-state index is 0.656.